The smallest absolute Gasteiger partial charge is 0.227 e. The fourth-order valence-corrected chi connectivity index (χ4v) is 4.88. The van der Waals surface area contributed by atoms with Crippen molar-refractivity contribution in [2.24, 2.45) is 5.92 Å². The van der Waals surface area contributed by atoms with E-state index in [1.54, 1.807) is 19.2 Å². The zero-order valence-electron chi connectivity index (χ0n) is 21.6. The predicted octanol–water partition coefficient (Wildman–Crippen LogP) is 4.23. The zero-order valence-corrected chi connectivity index (χ0v) is 21.6. The molecule has 0 saturated carbocycles. The first-order valence-corrected chi connectivity index (χ1v) is 13.0. The Labute approximate surface area is 223 Å². The van der Waals surface area contributed by atoms with Crippen molar-refractivity contribution in [2.75, 3.05) is 56.2 Å². The highest BCUT2D eigenvalue weighted by molar-refractivity contribution is 5.73. The van der Waals surface area contributed by atoms with Gasteiger partial charge in [-0.3, -0.25) is 4.79 Å². The number of piperidine rings is 1. The first-order valence-electron chi connectivity index (χ1n) is 13.0. The van der Waals surface area contributed by atoms with Gasteiger partial charge in [-0.05, 0) is 61.4 Å². The van der Waals surface area contributed by atoms with E-state index in [4.69, 9.17) is 9.47 Å². The van der Waals surface area contributed by atoms with Gasteiger partial charge in [0.05, 0.1) is 31.1 Å². The Hall–Kier alpha value is -4.16. The number of anilines is 3. The van der Waals surface area contributed by atoms with Crippen LogP contribution in [0.1, 0.15) is 25.3 Å². The number of likely N-dealkylation sites (tertiary alicyclic amines) is 1. The Balaban J connectivity index is 1.24. The fourth-order valence-electron chi connectivity index (χ4n) is 4.88. The second kappa shape index (κ2) is 11.9. The number of aromatic nitrogens is 2. The van der Waals surface area contributed by atoms with E-state index in [0.29, 0.717) is 36.1 Å². The minimum atomic E-state index is 0.0977. The van der Waals surface area contributed by atoms with E-state index in [2.05, 4.69) is 38.4 Å². The van der Waals surface area contributed by atoms with Crippen LogP contribution < -0.4 is 15.0 Å². The average Bonchev–Trinajstić information content (AvgIpc) is 2.97. The summed E-state index contributed by atoms with van der Waals surface area (Å²) in [6, 6.07) is 17.8. The van der Waals surface area contributed by atoms with Gasteiger partial charge in [0.1, 0.15) is 11.8 Å². The number of nitrogens with zero attached hydrogens (tertiary/aromatic N) is 5. The predicted molar refractivity (Wildman–Crippen MR) is 145 cm³/mol. The lowest BCUT2D eigenvalue weighted by Gasteiger charge is -2.31. The fraction of sp³-hybridized carbons (Fsp3) is 0.379. The number of morpholine rings is 1. The van der Waals surface area contributed by atoms with Crippen LogP contribution in [-0.4, -0.2) is 66.8 Å². The summed E-state index contributed by atoms with van der Waals surface area (Å²) in [5, 5.41) is 13.0. The van der Waals surface area contributed by atoms with Gasteiger partial charge in [0.25, 0.3) is 0 Å². The minimum Gasteiger partial charge on any atom is -0.492 e. The summed E-state index contributed by atoms with van der Waals surface area (Å²) in [4.78, 5) is 24.9. The molecule has 196 valence electrons. The number of hydrogen-bond acceptors (Lipinski definition) is 8. The Morgan fingerprint density at radius 3 is 2.74 bits per heavy atom. The maximum atomic E-state index is 11.7. The maximum absolute atomic E-state index is 11.7. The molecule has 0 aliphatic carbocycles. The largest absolute Gasteiger partial charge is 0.492 e. The quantitative estimate of drug-likeness (QED) is 0.502. The lowest BCUT2D eigenvalue weighted by Crippen LogP contribution is -2.40. The monoisotopic (exact) mass is 512 g/mol. The highest BCUT2D eigenvalue weighted by Crippen LogP contribution is 2.28. The molecule has 2 saturated heterocycles. The molecular formula is C29H32N6O3. The molecule has 2 aromatic carbocycles. The van der Waals surface area contributed by atoms with Crippen molar-refractivity contribution in [2.45, 2.75) is 19.8 Å². The van der Waals surface area contributed by atoms with Gasteiger partial charge >= 0.3 is 0 Å². The molecule has 0 radical (unpaired) electrons. The number of amides is 1. The van der Waals surface area contributed by atoms with E-state index in [1.165, 1.54) is 5.69 Å². The molecule has 1 amide bonds. The third-order valence-corrected chi connectivity index (χ3v) is 6.99. The summed E-state index contributed by atoms with van der Waals surface area (Å²) in [5.41, 5.74) is 4.03. The molecule has 2 aliphatic rings. The third kappa shape index (κ3) is 6.21. The molecule has 9 nitrogen and oxygen atoms in total. The van der Waals surface area contributed by atoms with Crippen LogP contribution in [0.3, 0.4) is 0 Å². The Bertz CT molecular complexity index is 1300. The van der Waals surface area contributed by atoms with E-state index in [9.17, 15) is 10.1 Å². The normalized spacial score (nSPS) is 17.5. The highest BCUT2D eigenvalue weighted by Gasteiger charge is 2.22. The summed E-state index contributed by atoms with van der Waals surface area (Å²) in [6.45, 7) is 6.87. The number of hydrogen-bond donors (Lipinski definition) is 1. The lowest BCUT2D eigenvalue weighted by molar-refractivity contribution is -0.130. The SMILES string of the molecule is CC(=O)N1CCCC(COc2ccc(-c3ccnc(Nc4ccc(N5CCOCC5)cc4)n3)cc2C#N)C1. The summed E-state index contributed by atoms with van der Waals surface area (Å²) in [5.74, 6) is 1.38. The van der Waals surface area contributed by atoms with Gasteiger partial charge in [0.15, 0.2) is 0 Å². The summed E-state index contributed by atoms with van der Waals surface area (Å²) in [6.07, 6.45) is 3.68. The Morgan fingerprint density at radius 2 is 1.97 bits per heavy atom. The van der Waals surface area contributed by atoms with Crippen LogP contribution in [0.4, 0.5) is 17.3 Å². The van der Waals surface area contributed by atoms with Crippen molar-refractivity contribution in [1.29, 1.82) is 5.26 Å². The number of carbonyl (C=O) groups is 1. The van der Waals surface area contributed by atoms with Crippen molar-refractivity contribution in [3.63, 3.8) is 0 Å². The molecule has 1 unspecified atom stereocenters. The highest BCUT2D eigenvalue weighted by atomic mass is 16.5. The number of nitrogens with one attached hydrogen (secondary N) is 1. The number of nitriles is 1. The zero-order chi connectivity index (χ0) is 26.3. The van der Waals surface area contributed by atoms with Gasteiger partial charge in [-0.15, -0.1) is 0 Å². The van der Waals surface area contributed by atoms with Crippen LogP contribution in [0.15, 0.2) is 54.7 Å². The van der Waals surface area contributed by atoms with Gasteiger partial charge in [0.2, 0.25) is 11.9 Å². The lowest BCUT2D eigenvalue weighted by atomic mass is 9.99. The van der Waals surface area contributed by atoms with Gasteiger partial charge in [-0.1, -0.05) is 0 Å². The van der Waals surface area contributed by atoms with Gasteiger partial charge in [-0.2, -0.15) is 5.26 Å². The van der Waals surface area contributed by atoms with Crippen LogP contribution in [0, 0.1) is 17.2 Å². The van der Waals surface area contributed by atoms with E-state index in [-0.39, 0.29) is 11.8 Å². The topological polar surface area (TPSA) is 104 Å². The van der Waals surface area contributed by atoms with Gasteiger partial charge < -0.3 is 24.6 Å². The van der Waals surface area contributed by atoms with Gasteiger partial charge in [0, 0.05) is 62.2 Å². The molecule has 9 heteroatoms. The molecule has 1 N–H and O–H groups in total. The van der Waals surface area contributed by atoms with Crippen LogP contribution in [0.25, 0.3) is 11.3 Å². The van der Waals surface area contributed by atoms with Crippen LogP contribution in [0.2, 0.25) is 0 Å². The number of carbonyl (C=O) groups excluding carboxylic acids is 1. The molecule has 1 atom stereocenters. The van der Waals surface area contributed by atoms with Crippen molar-refractivity contribution in [3.8, 4) is 23.1 Å². The van der Waals surface area contributed by atoms with Crippen molar-refractivity contribution >= 4 is 23.2 Å². The van der Waals surface area contributed by atoms with Crippen LogP contribution in [0.5, 0.6) is 5.75 Å². The van der Waals surface area contributed by atoms with Crippen molar-refractivity contribution < 1.29 is 14.3 Å². The minimum absolute atomic E-state index is 0.0977. The average molecular weight is 513 g/mol. The standard InChI is InChI=1S/C29H32N6O3/c1-21(36)35-12-2-3-22(19-35)20-38-28-9-4-23(17-24(28)18-30)27-10-11-31-29(33-27)32-25-5-7-26(8-6-25)34-13-15-37-16-14-34/h4-11,17,22H,2-3,12-16,19-20H2,1H3,(H,31,32,33). The number of benzene rings is 2. The Morgan fingerprint density at radius 1 is 1.16 bits per heavy atom. The summed E-state index contributed by atoms with van der Waals surface area (Å²) in [7, 11) is 0. The first kappa shape index (κ1) is 25.5. The van der Waals surface area contributed by atoms with Gasteiger partial charge in [-0.25, -0.2) is 9.97 Å². The van der Waals surface area contributed by atoms with Crippen LogP contribution in [-0.2, 0) is 9.53 Å². The molecule has 0 bridgehead atoms. The van der Waals surface area contributed by atoms with E-state index < -0.39 is 0 Å². The number of ether oxygens (including phenoxy) is 2. The van der Waals surface area contributed by atoms with E-state index in [1.807, 2.05) is 35.2 Å². The molecular weight excluding hydrogens is 480 g/mol. The molecule has 2 aliphatic heterocycles. The third-order valence-electron chi connectivity index (χ3n) is 6.99. The summed E-state index contributed by atoms with van der Waals surface area (Å²) < 4.78 is 11.5. The van der Waals surface area contributed by atoms with Crippen molar-refractivity contribution in [3.05, 3.63) is 60.3 Å². The molecule has 1 aromatic heterocycles. The molecule has 2 fully saturated rings. The van der Waals surface area contributed by atoms with E-state index in [0.717, 1.165) is 56.9 Å². The van der Waals surface area contributed by atoms with E-state index >= 15 is 0 Å². The molecule has 38 heavy (non-hydrogen) atoms. The second-order valence-corrected chi connectivity index (χ2v) is 9.64. The first-order chi connectivity index (χ1) is 18.6. The molecule has 3 heterocycles. The molecule has 5 rings (SSSR count). The number of rotatable bonds is 7. The van der Waals surface area contributed by atoms with Crippen LogP contribution >= 0.6 is 0 Å². The van der Waals surface area contributed by atoms with Crippen molar-refractivity contribution in [1.82, 2.24) is 14.9 Å². The maximum Gasteiger partial charge on any atom is 0.227 e. The molecule has 0 spiro atoms. The second-order valence-electron chi connectivity index (χ2n) is 9.64. The Kier molecular flexibility index (Phi) is 8.00. The summed E-state index contributed by atoms with van der Waals surface area (Å²) >= 11 is 0. The molecule has 3 aromatic rings.